The van der Waals surface area contributed by atoms with Crippen molar-refractivity contribution in [1.82, 2.24) is 15.0 Å². The molecule has 0 bridgehead atoms. The first kappa shape index (κ1) is 21.6. The quantitative estimate of drug-likeness (QED) is 0.385. The number of nitrogens with zero attached hydrogens (tertiary/aromatic N) is 4. The number of nitrogen functional groups attached to an aromatic ring is 1. The molecule has 0 fully saturated rings. The van der Waals surface area contributed by atoms with Gasteiger partial charge in [-0.2, -0.15) is 9.97 Å². The maximum Gasteiger partial charge on any atom is 0.320 e. The Morgan fingerprint density at radius 3 is 2.84 bits per heavy atom. The highest BCUT2D eigenvalue weighted by atomic mass is 16.5. The molecular formula is C25H30N6O. The maximum absolute atomic E-state index is 6.27. The fraction of sp³-hybridized carbons (Fsp3) is 0.320. The van der Waals surface area contributed by atoms with Crippen molar-refractivity contribution in [3.05, 3.63) is 77.5 Å². The van der Waals surface area contributed by atoms with Crippen molar-refractivity contribution >= 4 is 17.5 Å². The molecule has 0 unspecified atom stereocenters. The number of unbranched alkanes of at least 4 members (excludes halogenated alkanes) is 1. The molecule has 1 aliphatic heterocycles. The third-order valence-corrected chi connectivity index (χ3v) is 5.37. The van der Waals surface area contributed by atoms with E-state index in [4.69, 9.17) is 15.5 Å². The molecule has 3 aromatic rings. The first-order chi connectivity index (χ1) is 15.6. The summed E-state index contributed by atoms with van der Waals surface area (Å²) in [5, 5.41) is 3.36. The average Bonchev–Trinajstić information content (AvgIpc) is 2.80. The van der Waals surface area contributed by atoms with E-state index in [-0.39, 0.29) is 0 Å². The minimum Gasteiger partial charge on any atom is -0.463 e. The third kappa shape index (κ3) is 5.35. The summed E-state index contributed by atoms with van der Waals surface area (Å²) >= 11 is 0. The summed E-state index contributed by atoms with van der Waals surface area (Å²) in [6.07, 6.45) is 4.49. The van der Waals surface area contributed by atoms with Gasteiger partial charge >= 0.3 is 6.01 Å². The summed E-state index contributed by atoms with van der Waals surface area (Å²) in [5.41, 5.74) is 10.7. The second kappa shape index (κ2) is 10.1. The molecule has 3 N–H and O–H groups in total. The number of aromatic nitrogens is 3. The van der Waals surface area contributed by atoms with E-state index in [9.17, 15) is 0 Å². The lowest BCUT2D eigenvalue weighted by Crippen LogP contribution is -2.32. The van der Waals surface area contributed by atoms with Crippen LogP contribution in [0.3, 0.4) is 0 Å². The molecule has 0 atom stereocenters. The number of benzene rings is 1. The number of nitrogens with one attached hydrogen (secondary N) is 1. The first-order valence-corrected chi connectivity index (χ1v) is 11.1. The van der Waals surface area contributed by atoms with Crippen LogP contribution in [-0.2, 0) is 19.5 Å². The Morgan fingerprint density at radius 1 is 1.16 bits per heavy atom. The zero-order chi connectivity index (χ0) is 22.3. The Kier molecular flexibility index (Phi) is 6.84. The van der Waals surface area contributed by atoms with Gasteiger partial charge in [-0.15, -0.1) is 0 Å². The molecule has 3 heterocycles. The van der Waals surface area contributed by atoms with Gasteiger partial charge in [-0.05, 0) is 29.7 Å². The van der Waals surface area contributed by atoms with E-state index in [1.54, 1.807) is 6.20 Å². The minimum absolute atomic E-state index is 0.348. The number of anilines is 3. The van der Waals surface area contributed by atoms with E-state index >= 15 is 0 Å². The average molecular weight is 431 g/mol. The number of nitrogens with two attached hydrogens (primary N) is 1. The largest absolute Gasteiger partial charge is 0.463 e. The van der Waals surface area contributed by atoms with Gasteiger partial charge in [0.25, 0.3) is 0 Å². The standard InChI is InChI=1S/C25H30N6O/c1-3-4-12-32-25-29-23(26)21-13-18(2)16-31(24(21)30-25)17-20-9-7-8-19(14-20)15-28-22-10-5-6-11-27-22/h5-11,14H,2-4,12-13,15-17H2,1H3,(H,27,28)(H2,26,29,30). The Morgan fingerprint density at radius 2 is 2.03 bits per heavy atom. The predicted octanol–water partition coefficient (Wildman–Crippen LogP) is 4.36. The minimum atomic E-state index is 0.348. The predicted molar refractivity (Wildman–Crippen MR) is 129 cm³/mol. The van der Waals surface area contributed by atoms with Gasteiger partial charge in [0.05, 0.1) is 6.61 Å². The molecule has 4 rings (SSSR count). The normalized spacial score (nSPS) is 13.0. The number of hydrogen-bond acceptors (Lipinski definition) is 7. The summed E-state index contributed by atoms with van der Waals surface area (Å²) < 4.78 is 5.75. The van der Waals surface area contributed by atoms with E-state index in [2.05, 4.69) is 58.0 Å². The Balaban J connectivity index is 1.51. The van der Waals surface area contributed by atoms with Crippen molar-refractivity contribution in [3.63, 3.8) is 0 Å². The molecule has 7 nitrogen and oxygen atoms in total. The Hall–Kier alpha value is -3.61. The summed E-state index contributed by atoms with van der Waals surface area (Å²) in [6, 6.07) is 14.7. The SMILES string of the molecule is C=C1Cc2c(N)nc(OCCCC)nc2N(Cc2cccc(CNc3ccccn3)c2)C1. The molecule has 166 valence electrons. The highest BCUT2D eigenvalue weighted by Crippen LogP contribution is 2.33. The molecule has 0 amide bonds. The lowest BCUT2D eigenvalue weighted by molar-refractivity contribution is 0.285. The van der Waals surface area contributed by atoms with Crippen molar-refractivity contribution < 1.29 is 4.74 Å². The zero-order valence-electron chi connectivity index (χ0n) is 18.6. The van der Waals surface area contributed by atoms with Gasteiger partial charge in [0.1, 0.15) is 17.5 Å². The van der Waals surface area contributed by atoms with Gasteiger partial charge in [0, 0.05) is 37.8 Å². The van der Waals surface area contributed by atoms with Crippen LogP contribution in [-0.4, -0.2) is 28.1 Å². The monoisotopic (exact) mass is 430 g/mol. The Labute approximate surface area is 189 Å². The van der Waals surface area contributed by atoms with Crippen LogP contribution in [0.25, 0.3) is 0 Å². The van der Waals surface area contributed by atoms with Gasteiger partial charge in [-0.1, -0.05) is 55.8 Å². The molecule has 0 saturated heterocycles. The van der Waals surface area contributed by atoms with Crippen LogP contribution in [0.4, 0.5) is 17.5 Å². The van der Waals surface area contributed by atoms with Crippen molar-refractivity contribution in [3.8, 4) is 6.01 Å². The second-order valence-electron chi connectivity index (χ2n) is 8.07. The van der Waals surface area contributed by atoms with Crippen LogP contribution >= 0.6 is 0 Å². The van der Waals surface area contributed by atoms with Crippen molar-refractivity contribution in [2.24, 2.45) is 0 Å². The molecule has 7 heteroatoms. The molecule has 1 aromatic carbocycles. The molecule has 2 aromatic heterocycles. The molecule has 0 spiro atoms. The molecule has 0 aliphatic carbocycles. The lowest BCUT2D eigenvalue weighted by Gasteiger charge is -2.32. The van der Waals surface area contributed by atoms with Crippen LogP contribution < -0.4 is 20.7 Å². The highest BCUT2D eigenvalue weighted by molar-refractivity contribution is 5.62. The molecule has 0 saturated carbocycles. The van der Waals surface area contributed by atoms with Gasteiger partial charge in [-0.3, -0.25) is 0 Å². The summed E-state index contributed by atoms with van der Waals surface area (Å²) in [5.74, 6) is 2.18. The van der Waals surface area contributed by atoms with Crippen molar-refractivity contribution in [1.29, 1.82) is 0 Å². The van der Waals surface area contributed by atoms with E-state index in [1.165, 1.54) is 11.1 Å². The molecule has 1 aliphatic rings. The smallest absolute Gasteiger partial charge is 0.320 e. The summed E-state index contributed by atoms with van der Waals surface area (Å²) in [4.78, 5) is 15.6. The fourth-order valence-electron chi connectivity index (χ4n) is 3.77. The summed E-state index contributed by atoms with van der Waals surface area (Å²) in [6.45, 7) is 9.06. The fourth-order valence-corrected chi connectivity index (χ4v) is 3.77. The lowest BCUT2D eigenvalue weighted by atomic mass is 10.0. The highest BCUT2D eigenvalue weighted by Gasteiger charge is 2.25. The van der Waals surface area contributed by atoms with Crippen molar-refractivity contribution in [2.45, 2.75) is 39.3 Å². The maximum atomic E-state index is 6.27. The number of fused-ring (bicyclic) bond motifs is 1. The van der Waals surface area contributed by atoms with Gasteiger partial charge in [0.2, 0.25) is 0 Å². The van der Waals surface area contributed by atoms with Gasteiger partial charge in [-0.25, -0.2) is 4.98 Å². The second-order valence-corrected chi connectivity index (χ2v) is 8.07. The Bertz CT molecular complexity index is 1070. The van der Waals surface area contributed by atoms with Gasteiger partial charge in [0.15, 0.2) is 0 Å². The van der Waals surface area contributed by atoms with Crippen LogP contribution in [0.5, 0.6) is 6.01 Å². The van der Waals surface area contributed by atoms with Crippen LogP contribution in [0, 0.1) is 0 Å². The zero-order valence-corrected chi connectivity index (χ0v) is 18.6. The first-order valence-electron chi connectivity index (χ1n) is 11.1. The van der Waals surface area contributed by atoms with E-state index < -0.39 is 0 Å². The topological polar surface area (TPSA) is 89.2 Å². The summed E-state index contributed by atoms with van der Waals surface area (Å²) in [7, 11) is 0. The van der Waals surface area contributed by atoms with E-state index in [0.29, 0.717) is 37.9 Å². The molecular weight excluding hydrogens is 400 g/mol. The molecule has 0 radical (unpaired) electrons. The number of pyridine rings is 1. The van der Waals surface area contributed by atoms with Gasteiger partial charge < -0.3 is 20.7 Å². The number of ether oxygens (including phenoxy) is 1. The van der Waals surface area contributed by atoms with E-state index in [1.807, 2.05) is 18.2 Å². The van der Waals surface area contributed by atoms with Crippen molar-refractivity contribution in [2.75, 3.05) is 29.1 Å². The molecule has 32 heavy (non-hydrogen) atoms. The van der Waals surface area contributed by atoms with Crippen LogP contribution in [0.1, 0.15) is 36.5 Å². The van der Waals surface area contributed by atoms with E-state index in [0.717, 1.165) is 42.2 Å². The number of hydrogen-bond donors (Lipinski definition) is 2. The number of rotatable bonds is 9. The van der Waals surface area contributed by atoms with Crippen LogP contribution in [0.15, 0.2) is 60.8 Å². The third-order valence-electron chi connectivity index (χ3n) is 5.37. The van der Waals surface area contributed by atoms with Crippen LogP contribution in [0.2, 0.25) is 0 Å².